The van der Waals surface area contributed by atoms with Crippen LogP contribution < -0.4 is 5.73 Å². The standard InChI is InChI=1S/C29H41N5O3S/c1-32(2)13-7-14-33(3)15-8-18-38(36,37)34-16-11-23(12-17-34)27-21-31-28-25(27)19-24(20-26(28)29(30)35)22-9-5-4-6-10-22/h4-6,9-10,19-21,23,31H,7-8,11-18H2,1-3H3,(H2,30,35). The van der Waals surface area contributed by atoms with Crippen molar-refractivity contribution in [3.8, 4) is 11.1 Å². The van der Waals surface area contributed by atoms with E-state index in [9.17, 15) is 13.2 Å². The Kier molecular flexibility index (Phi) is 9.25. The summed E-state index contributed by atoms with van der Waals surface area (Å²) in [7, 11) is 2.91. The molecule has 1 aliphatic rings. The van der Waals surface area contributed by atoms with Gasteiger partial charge in [-0.2, -0.15) is 0 Å². The van der Waals surface area contributed by atoms with Gasteiger partial charge in [-0.3, -0.25) is 4.79 Å². The van der Waals surface area contributed by atoms with Crippen LogP contribution >= 0.6 is 0 Å². The van der Waals surface area contributed by atoms with E-state index in [1.165, 1.54) is 0 Å². The van der Waals surface area contributed by atoms with Crippen LogP contribution in [0.15, 0.2) is 48.7 Å². The molecule has 3 N–H and O–H groups in total. The molecule has 206 valence electrons. The van der Waals surface area contributed by atoms with Crippen LogP contribution in [0.25, 0.3) is 22.0 Å². The lowest BCUT2D eigenvalue weighted by molar-refractivity contribution is 0.100. The van der Waals surface area contributed by atoms with Gasteiger partial charge in [0.15, 0.2) is 0 Å². The van der Waals surface area contributed by atoms with E-state index in [0.29, 0.717) is 25.1 Å². The molecule has 1 aromatic heterocycles. The Morgan fingerprint density at radius 2 is 1.68 bits per heavy atom. The number of rotatable bonds is 12. The van der Waals surface area contributed by atoms with E-state index >= 15 is 0 Å². The quantitative estimate of drug-likeness (QED) is 0.365. The molecular weight excluding hydrogens is 498 g/mol. The monoisotopic (exact) mass is 539 g/mol. The maximum atomic E-state index is 13.0. The Morgan fingerprint density at radius 1 is 1.00 bits per heavy atom. The highest BCUT2D eigenvalue weighted by molar-refractivity contribution is 7.89. The van der Waals surface area contributed by atoms with Gasteiger partial charge in [0.1, 0.15) is 0 Å². The fourth-order valence-corrected chi connectivity index (χ4v) is 6.96. The summed E-state index contributed by atoms with van der Waals surface area (Å²) in [5.74, 6) is -0.0687. The van der Waals surface area contributed by atoms with E-state index in [1.54, 1.807) is 4.31 Å². The highest BCUT2D eigenvalue weighted by atomic mass is 32.2. The minimum atomic E-state index is -3.28. The molecular formula is C29H41N5O3S. The highest BCUT2D eigenvalue weighted by Crippen LogP contribution is 2.37. The number of amides is 1. The SMILES string of the molecule is CN(C)CCCN(C)CCCS(=O)(=O)N1CCC(c2c[nH]c3c(C(N)=O)cc(-c4ccccc4)cc23)CC1. The fraction of sp³-hybridized carbons (Fsp3) is 0.483. The number of benzene rings is 2. The number of aromatic amines is 1. The smallest absolute Gasteiger partial charge is 0.250 e. The number of sulfonamides is 1. The number of primary amides is 1. The second-order valence-corrected chi connectivity index (χ2v) is 12.8. The number of fused-ring (bicyclic) bond motifs is 1. The third kappa shape index (κ3) is 6.83. The largest absolute Gasteiger partial charge is 0.366 e. The van der Waals surface area contributed by atoms with Crippen molar-refractivity contribution < 1.29 is 13.2 Å². The summed E-state index contributed by atoms with van der Waals surface area (Å²) in [6, 6.07) is 13.9. The van der Waals surface area contributed by atoms with Gasteiger partial charge in [-0.05, 0) is 101 Å². The number of aromatic nitrogens is 1. The summed E-state index contributed by atoms with van der Waals surface area (Å²) in [5, 5.41) is 0.985. The summed E-state index contributed by atoms with van der Waals surface area (Å²) in [5.41, 5.74) is 10.0. The second-order valence-electron chi connectivity index (χ2n) is 10.7. The van der Waals surface area contributed by atoms with Crippen molar-refractivity contribution in [2.45, 2.75) is 31.6 Å². The number of H-pyrrole nitrogens is 1. The average Bonchev–Trinajstić information content (AvgIpc) is 3.32. The zero-order valence-corrected chi connectivity index (χ0v) is 23.6. The molecule has 8 nitrogen and oxygen atoms in total. The molecule has 1 aliphatic heterocycles. The van der Waals surface area contributed by atoms with Crippen LogP contribution in [-0.4, -0.2) is 93.0 Å². The maximum absolute atomic E-state index is 13.0. The van der Waals surface area contributed by atoms with Gasteiger partial charge in [0, 0.05) is 24.7 Å². The molecule has 1 saturated heterocycles. The Labute approximate surface area is 226 Å². The maximum Gasteiger partial charge on any atom is 0.250 e. The number of hydrogen-bond acceptors (Lipinski definition) is 5. The molecule has 1 amide bonds. The molecule has 38 heavy (non-hydrogen) atoms. The van der Waals surface area contributed by atoms with Crippen molar-refractivity contribution in [2.75, 3.05) is 59.6 Å². The van der Waals surface area contributed by atoms with E-state index in [-0.39, 0.29) is 11.7 Å². The minimum Gasteiger partial charge on any atom is -0.366 e. The zero-order valence-electron chi connectivity index (χ0n) is 22.8. The molecule has 0 atom stereocenters. The van der Waals surface area contributed by atoms with Gasteiger partial charge in [-0.15, -0.1) is 0 Å². The van der Waals surface area contributed by atoms with Crippen LogP contribution in [0, 0.1) is 0 Å². The van der Waals surface area contributed by atoms with Gasteiger partial charge in [0.05, 0.1) is 16.8 Å². The third-order valence-corrected chi connectivity index (χ3v) is 9.52. The van der Waals surface area contributed by atoms with Crippen molar-refractivity contribution >= 4 is 26.8 Å². The van der Waals surface area contributed by atoms with Crippen molar-refractivity contribution in [2.24, 2.45) is 5.73 Å². The molecule has 0 saturated carbocycles. The first-order chi connectivity index (χ1) is 18.2. The first-order valence-electron chi connectivity index (χ1n) is 13.5. The van der Waals surface area contributed by atoms with E-state index in [0.717, 1.165) is 66.5 Å². The molecule has 0 radical (unpaired) electrons. The predicted molar refractivity (Wildman–Crippen MR) is 155 cm³/mol. The number of hydrogen-bond donors (Lipinski definition) is 2. The van der Waals surface area contributed by atoms with Crippen LogP contribution in [0.3, 0.4) is 0 Å². The molecule has 0 aliphatic carbocycles. The van der Waals surface area contributed by atoms with Gasteiger partial charge >= 0.3 is 0 Å². The van der Waals surface area contributed by atoms with Gasteiger partial charge in [0.2, 0.25) is 10.0 Å². The Morgan fingerprint density at radius 3 is 2.34 bits per heavy atom. The lowest BCUT2D eigenvalue weighted by Crippen LogP contribution is -2.39. The van der Waals surface area contributed by atoms with Gasteiger partial charge < -0.3 is 20.5 Å². The summed E-state index contributed by atoms with van der Waals surface area (Å²) in [4.78, 5) is 19.9. The summed E-state index contributed by atoms with van der Waals surface area (Å²) < 4.78 is 27.7. The minimum absolute atomic E-state index is 0.186. The van der Waals surface area contributed by atoms with E-state index < -0.39 is 15.9 Å². The normalized spacial score (nSPS) is 15.6. The molecule has 9 heteroatoms. The van der Waals surface area contributed by atoms with Crippen LogP contribution in [0.2, 0.25) is 0 Å². The van der Waals surface area contributed by atoms with Gasteiger partial charge in [0.25, 0.3) is 5.91 Å². The molecule has 4 rings (SSSR count). The fourth-order valence-electron chi connectivity index (χ4n) is 5.44. The molecule has 0 spiro atoms. The first kappa shape index (κ1) is 28.3. The van der Waals surface area contributed by atoms with Crippen molar-refractivity contribution in [3.05, 3.63) is 59.8 Å². The lowest BCUT2D eigenvalue weighted by Gasteiger charge is -2.31. The van der Waals surface area contributed by atoms with E-state index in [4.69, 9.17) is 5.73 Å². The summed E-state index contributed by atoms with van der Waals surface area (Å²) in [6.07, 6.45) is 5.18. The van der Waals surface area contributed by atoms with Crippen molar-refractivity contribution in [1.29, 1.82) is 0 Å². The van der Waals surface area contributed by atoms with Crippen LogP contribution in [-0.2, 0) is 10.0 Å². The van der Waals surface area contributed by atoms with E-state index in [1.807, 2.05) is 42.6 Å². The Bertz CT molecular complexity index is 1330. The van der Waals surface area contributed by atoms with Crippen molar-refractivity contribution in [1.82, 2.24) is 19.1 Å². The predicted octanol–water partition coefficient (Wildman–Crippen LogP) is 3.72. The van der Waals surface area contributed by atoms with Crippen LogP contribution in [0.5, 0.6) is 0 Å². The summed E-state index contributed by atoms with van der Waals surface area (Å²) in [6.45, 7) is 3.81. The first-order valence-corrected chi connectivity index (χ1v) is 15.1. The molecule has 1 fully saturated rings. The molecule has 3 aromatic rings. The van der Waals surface area contributed by atoms with Gasteiger partial charge in [-0.1, -0.05) is 30.3 Å². The zero-order chi connectivity index (χ0) is 27.3. The number of carbonyl (C=O) groups is 1. The third-order valence-electron chi connectivity index (χ3n) is 7.57. The van der Waals surface area contributed by atoms with Crippen LogP contribution in [0.1, 0.15) is 47.5 Å². The van der Waals surface area contributed by atoms with Gasteiger partial charge in [-0.25, -0.2) is 12.7 Å². The average molecular weight is 540 g/mol. The summed E-state index contributed by atoms with van der Waals surface area (Å²) >= 11 is 0. The number of carbonyl (C=O) groups excluding carboxylic acids is 1. The number of nitrogens with zero attached hydrogens (tertiary/aromatic N) is 3. The Hall–Kier alpha value is -2.72. The highest BCUT2D eigenvalue weighted by Gasteiger charge is 2.30. The second kappa shape index (κ2) is 12.4. The molecule has 2 aromatic carbocycles. The number of piperidine rings is 1. The lowest BCUT2D eigenvalue weighted by atomic mass is 9.88. The topological polar surface area (TPSA) is 103 Å². The molecule has 0 unspecified atom stereocenters. The number of nitrogens with two attached hydrogens (primary N) is 1. The Balaban J connectivity index is 1.40. The van der Waals surface area contributed by atoms with E-state index in [2.05, 4.69) is 42.0 Å². The number of nitrogens with one attached hydrogen (secondary N) is 1. The molecule has 2 heterocycles. The molecule has 0 bridgehead atoms. The van der Waals surface area contributed by atoms with Crippen LogP contribution in [0.4, 0.5) is 0 Å². The van der Waals surface area contributed by atoms with Crippen molar-refractivity contribution in [3.63, 3.8) is 0 Å².